The number of nitrogens with two attached hydrogens (primary N) is 1. The van der Waals surface area contributed by atoms with Gasteiger partial charge in [0.1, 0.15) is 0 Å². The molecule has 5 nitrogen and oxygen atoms in total. The van der Waals surface area contributed by atoms with Gasteiger partial charge in [-0.25, -0.2) is 0 Å². The van der Waals surface area contributed by atoms with Gasteiger partial charge in [0, 0.05) is 15.6 Å². The lowest BCUT2D eigenvalue weighted by atomic mass is 9.86. The fraction of sp³-hybridized carbons (Fsp3) is 0.286. The number of carboxylic acids is 1. The van der Waals surface area contributed by atoms with Gasteiger partial charge < -0.3 is 15.8 Å². The van der Waals surface area contributed by atoms with Crippen molar-refractivity contribution in [2.24, 2.45) is 11.7 Å². The number of carbonyl (C=O) groups excluding carboxylic acids is 1. The van der Waals surface area contributed by atoms with Crippen molar-refractivity contribution in [2.75, 3.05) is 0 Å². The lowest BCUT2D eigenvalue weighted by Crippen LogP contribution is -2.21. The minimum atomic E-state index is -0.768. The zero-order valence-electron chi connectivity index (χ0n) is 10.6. The van der Waals surface area contributed by atoms with Crippen molar-refractivity contribution in [3.8, 4) is 0 Å². The number of aliphatic carboxylic acids is 1. The highest BCUT2D eigenvalue weighted by molar-refractivity contribution is 9.10. The molecular weight excluding hydrogens is 324 g/mol. The molecule has 1 aromatic carbocycles. The maximum Gasteiger partial charge on any atom is 0.306 e. The van der Waals surface area contributed by atoms with Gasteiger partial charge in [0.2, 0.25) is 0 Å². The second kappa shape index (κ2) is 4.63. The number of carboxylic acid groups (broad SMARTS) is 1. The molecule has 1 heterocycles. The third-order valence-corrected chi connectivity index (χ3v) is 4.33. The molecule has 1 unspecified atom stereocenters. The fourth-order valence-corrected chi connectivity index (χ4v) is 3.34. The van der Waals surface area contributed by atoms with E-state index in [1.54, 1.807) is 6.07 Å². The summed E-state index contributed by atoms with van der Waals surface area (Å²) in [5.41, 5.74) is 8.54. The summed E-state index contributed by atoms with van der Waals surface area (Å²) < 4.78 is 0.762. The van der Waals surface area contributed by atoms with E-state index in [0.29, 0.717) is 30.3 Å². The first kappa shape index (κ1) is 13.2. The second-order valence-corrected chi connectivity index (χ2v) is 6.02. The van der Waals surface area contributed by atoms with E-state index in [1.165, 1.54) is 0 Å². The number of hydrogen-bond donors (Lipinski definition) is 3. The highest BCUT2D eigenvalue weighted by Gasteiger charge is 2.28. The predicted molar refractivity (Wildman–Crippen MR) is 77.7 cm³/mol. The van der Waals surface area contributed by atoms with Crippen LogP contribution < -0.4 is 5.73 Å². The first-order chi connectivity index (χ1) is 9.47. The van der Waals surface area contributed by atoms with Crippen molar-refractivity contribution in [3.63, 3.8) is 0 Å². The molecule has 0 saturated heterocycles. The Hall–Kier alpha value is -1.82. The number of aromatic nitrogens is 1. The first-order valence-electron chi connectivity index (χ1n) is 6.33. The van der Waals surface area contributed by atoms with Gasteiger partial charge in [-0.1, -0.05) is 15.9 Å². The van der Waals surface area contributed by atoms with Crippen LogP contribution in [0.25, 0.3) is 10.9 Å². The highest BCUT2D eigenvalue weighted by Crippen LogP contribution is 2.35. The quantitative estimate of drug-likeness (QED) is 0.784. The van der Waals surface area contributed by atoms with Crippen LogP contribution in [0.3, 0.4) is 0 Å². The van der Waals surface area contributed by atoms with Crippen molar-refractivity contribution >= 4 is 38.7 Å². The van der Waals surface area contributed by atoms with Crippen LogP contribution in [0, 0.1) is 5.92 Å². The van der Waals surface area contributed by atoms with Crippen LogP contribution in [0.4, 0.5) is 0 Å². The van der Waals surface area contributed by atoms with E-state index in [-0.39, 0.29) is 5.92 Å². The van der Waals surface area contributed by atoms with Gasteiger partial charge in [-0.2, -0.15) is 0 Å². The van der Waals surface area contributed by atoms with Crippen LogP contribution in [-0.4, -0.2) is 22.0 Å². The van der Waals surface area contributed by atoms with Gasteiger partial charge in [0.05, 0.1) is 17.0 Å². The fourth-order valence-electron chi connectivity index (χ4n) is 2.89. The average molecular weight is 337 g/mol. The second-order valence-electron chi connectivity index (χ2n) is 5.10. The summed E-state index contributed by atoms with van der Waals surface area (Å²) in [6.07, 6.45) is 1.78. The lowest BCUT2D eigenvalue weighted by Gasteiger charge is -2.18. The predicted octanol–water partition coefficient (Wildman–Crippen LogP) is 2.22. The molecule has 1 aliphatic rings. The molecule has 1 amide bonds. The number of aryl methyl sites for hydroxylation is 1. The van der Waals surface area contributed by atoms with Gasteiger partial charge in [-0.15, -0.1) is 0 Å². The summed E-state index contributed by atoms with van der Waals surface area (Å²) in [6, 6.07) is 3.59. The zero-order chi connectivity index (χ0) is 14.4. The standard InChI is InChI=1S/C14H13BrN2O3/c15-7-4-9-8-3-6(14(19)20)1-2-11(8)17-12(9)10(5-7)13(16)18/h4-6,17H,1-3H2,(H2,16,18)(H,19,20). The Kier molecular flexibility index (Phi) is 3.05. The normalized spacial score (nSPS) is 17.9. The number of primary amides is 1. The minimum absolute atomic E-state index is 0.363. The smallest absolute Gasteiger partial charge is 0.306 e. The molecule has 4 N–H and O–H groups in total. The Morgan fingerprint density at radius 3 is 2.80 bits per heavy atom. The number of rotatable bonds is 2. The summed E-state index contributed by atoms with van der Waals surface area (Å²) in [5.74, 6) is -1.63. The molecule has 0 radical (unpaired) electrons. The van der Waals surface area contributed by atoms with Crippen LogP contribution in [0.1, 0.15) is 28.0 Å². The Morgan fingerprint density at radius 1 is 1.40 bits per heavy atom. The molecule has 1 atom stereocenters. The number of amides is 1. The SMILES string of the molecule is NC(=O)c1cc(Br)cc2c3c([nH]c12)CCC(C(=O)O)C3. The zero-order valence-corrected chi connectivity index (χ0v) is 12.2. The Morgan fingerprint density at radius 2 is 2.15 bits per heavy atom. The number of hydrogen-bond acceptors (Lipinski definition) is 2. The van der Waals surface area contributed by atoms with Gasteiger partial charge in [-0.3, -0.25) is 9.59 Å². The number of nitrogens with one attached hydrogen (secondary N) is 1. The molecular formula is C14H13BrN2O3. The van der Waals surface area contributed by atoms with Crippen molar-refractivity contribution in [2.45, 2.75) is 19.3 Å². The lowest BCUT2D eigenvalue weighted by molar-refractivity contribution is -0.142. The van der Waals surface area contributed by atoms with E-state index in [9.17, 15) is 14.7 Å². The Labute approximate surface area is 123 Å². The highest BCUT2D eigenvalue weighted by atomic mass is 79.9. The number of fused-ring (bicyclic) bond motifs is 3. The summed E-state index contributed by atoms with van der Waals surface area (Å²) in [6.45, 7) is 0. The number of carbonyl (C=O) groups is 2. The molecule has 0 bridgehead atoms. The largest absolute Gasteiger partial charge is 0.481 e. The average Bonchev–Trinajstić information content (AvgIpc) is 2.75. The van der Waals surface area contributed by atoms with Crippen molar-refractivity contribution in [3.05, 3.63) is 33.4 Å². The molecule has 20 heavy (non-hydrogen) atoms. The van der Waals surface area contributed by atoms with Crippen LogP contribution in [-0.2, 0) is 17.6 Å². The Balaban J connectivity index is 2.22. The molecule has 1 aliphatic carbocycles. The molecule has 3 rings (SSSR count). The third kappa shape index (κ3) is 2.00. The van der Waals surface area contributed by atoms with Crippen LogP contribution in [0.5, 0.6) is 0 Å². The van der Waals surface area contributed by atoms with Gasteiger partial charge in [-0.05, 0) is 37.0 Å². The summed E-state index contributed by atoms with van der Waals surface area (Å²) >= 11 is 3.37. The van der Waals surface area contributed by atoms with Crippen molar-refractivity contribution in [1.29, 1.82) is 0 Å². The Bertz CT molecular complexity index is 736. The molecule has 6 heteroatoms. The van der Waals surface area contributed by atoms with E-state index >= 15 is 0 Å². The molecule has 104 valence electrons. The van der Waals surface area contributed by atoms with E-state index in [1.807, 2.05) is 6.07 Å². The minimum Gasteiger partial charge on any atom is -0.481 e. The monoisotopic (exact) mass is 336 g/mol. The summed E-state index contributed by atoms with van der Waals surface area (Å²) in [7, 11) is 0. The molecule has 0 saturated carbocycles. The summed E-state index contributed by atoms with van der Waals surface area (Å²) in [4.78, 5) is 25.9. The maximum absolute atomic E-state index is 11.5. The number of H-pyrrole nitrogens is 1. The number of aromatic amines is 1. The maximum atomic E-state index is 11.5. The molecule has 0 aliphatic heterocycles. The van der Waals surface area contributed by atoms with Crippen LogP contribution >= 0.6 is 15.9 Å². The number of halogens is 1. The van der Waals surface area contributed by atoms with Gasteiger partial charge in [0.25, 0.3) is 5.91 Å². The van der Waals surface area contributed by atoms with E-state index in [2.05, 4.69) is 20.9 Å². The molecule has 0 spiro atoms. The van der Waals surface area contributed by atoms with E-state index in [4.69, 9.17) is 5.73 Å². The third-order valence-electron chi connectivity index (χ3n) is 3.88. The van der Waals surface area contributed by atoms with Gasteiger partial charge in [0.15, 0.2) is 0 Å². The van der Waals surface area contributed by atoms with Crippen molar-refractivity contribution in [1.82, 2.24) is 4.98 Å². The van der Waals surface area contributed by atoms with Gasteiger partial charge >= 0.3 is 5.97 Å². The number of benzene rings is 1. The van der Waals surface area contributed by atoms with Crippen LogP contribution in [0.2, 0.25) is 0 Å². The van der Waals surface area contributed by atoms with Crippen molar-refractivity contribution < 1.29 is 14.7 Å². The topological polar surface area (TPSA) is 96.2 Å². The molecule has 0 fully saturated rings. The molecule has 1 aromatic heterocycles. The van der Waals surface area contributed by atoms with E-state index in [0.717, 1.165) is 21.1 Å². The van der Waals surface area contributed by atoms with Crippen LogP contribution in [0.15, 0.2) is 16.6 Å². The van der Waals surface area contributed by atoms with E-state index < -0.39 is 11.9 Å². The summed E-state index contributed by atoms with van der Waals surface area (Å²) in [5, 5.41) is 10.1. The molecule has 2 aromatic rings. The first-order valence-corrected chi connectivity index (χ1v) is 7.12.